The van der Waals surface area contributed by atoms with Gasteiger partial charge in [0.25, 0.3) is 0 Å². The molecule has 2 saturated heterocycles. The number of nitrogens with two attached hydrogens (primary N) is 1. The number of benzene rings is 1. The Balaban J connectivity index is 1.36. The predicted molar refractivity (Wildman–Crippen MR) is 169 cm³/mol. The van der Waals surface area contributed by atoms with Crippen LogP contribution in [0.5, 0.6) is 5.75 Å². The average Bonchev–Trinajstić information content (AvgIpc) is 3.47. The molecule has 3 heterocycles. The van der Waals surface area contributed by atoms with Gasteiger partial charge in [-0.15, -0.1) is 0 Å². The van der Waals surface area contributed by atoms with E-state index in [1.165, 1.54) is 0 Å². The van der Waals surface area contributed by atoms with Crippen molar-refractivity contribution >= 4 is 29.7 Å². The maximum absolute atomic E-state index is 14.6. The van der Waals surface area contributed by atoms with Gasteiger partial charge < -0.3 is 29.4 Å². The van der Waals surface area contributed by atoms with E-state index >= 15 is 0 Å². The van der Waals surface area contributed by atoms with Gasteiger partial charge in [-0.3, -0.25) is 14.4 Å². The van der Waals surface area contributed by atoms with Crippen LogP contribution in [0.3, 0.4) is 0 Å². The van der Waals surface area contributed by atoms with E-state index in [0.29, 0.717) is 48.1 Å². The molecule has 0 amide bonds. The molecular weight excluding hydrogens is 618 g/mol. The van der Waals surface area contributed by atoms with Gasteiger partial charge >= 0.3 is 23.9 Å². The number of hydrogen-bond donors (Lipinski definition) is 1. The zero-order valence-corrected chi connectivity index (χ0v) is 29.2. The summed E-state index contributed by atoms with van der Waals surface area (Å²) in [6.07, 6.45) is -0.288. The Morgan fingerprint density at radius 2 is 1.31 bits per heavy atom. The van der Waals surface area contributed by atoms with E-state index in [0.717, 1.165) is 5.57 Å². The van der Waals surface area contributed by atoms with Crippen LogP contribution in [-0.4, -0.2) is 52.6 Å². The molecule has 4 bridgehead atoms. The highest BCUT2D eigenvalue weighted by Crippen LogP contribution is 2.67. The summed E-state index contributed by atoms with van der Waals surface area (Å²) in [4.78, 5) is 68.7. The molecule has 2 N–H and O–H groups in total. The zero-order valence-electron chi connectivity index (χ0n) is 29.2. The molecule has 2 saturated carbocycles. The molecule has 258 valence electrons. The molecule has 1 aromatic carbocycles. The van der Waals surface area contributed by atoms with Gasteiger partial charge in [-0.05, 0) is 89.5 Å². The van der Waals surface area contributed by atoms with Crippen LogP contribution >= 0.6 is 0 Å². The standard InChI is InChI=1S/C37H45NO10/c1-10-18-17-20-19(24(39)23(18)38)11-12-21-22(20)25(44-29(42)36-15-13-34(8,27(40)47-36)32(36,4)5)26(31(2,3)46-21)45-30(43)37-16-14-35(9,28(41)48-37)33(37,6)7/h11-12,25-26H,10,13-17,38H2,1-9H3/t25-,26-,34+,35+,36-,37-/m1/s1. The number of hydrogen-bond acceptors (Lipinski definition) is 11. The predicted octanol–water partition coefficient (Wildman–Crippen LogP) is 4.96. The van der Waals surface area contributed by atoms with Gasteiger partial charge in [-0.1, -0.05) is 34.6 Å². The Morgan fingerprint density at radius 3 is 1.77 bits per heavy atom. The molecule has 0 aromatic heterocycles. The van der Waals surface area contributed by atoms with Crippen LogP contribution in [0.15, 0.2) is 23.4 Å². The summed E-state index contributed by atoms with van der Waals surface area (Å²) < 4.78 is 31.1. The molecule has 6 aliphatic rings. The lowest BCUT2D eigenvalue weighted by Crippen LogP contribution is -2.58. The Morgan fingerprint density at radius 1 is 0.792 bits per heavy atom. The highest BCUT2D eigenvalue weighted by molar-refractivity contribution is 6.11. The van der Waals surface area contributed by atoms with Crippen molar-refractivity contribution in [2.24, 2.45) is 27.4 Å². The molecule has 0 radical (unpaired) electrons. The van der Waals surface area contributed by atoms with Crippen LogP contribution in [0.2, 0.25) is 0 Å². The van der Waals surface area contributed by atoms with Crippen LogP contribution in [0.1, 0.15) is 122 Å². The average molecular weight is 664 g/mol. The quantitative estimate of drug-likeness (QED) is 0.335. The van der Waals surface area contributed by atoms with E-state index in [4.69, 9.17) is 29.4 Å². The number of ketones is 1. The van der Waals surface area contributed by atoms with Crippen LogP contribution in [0.4, 0.5) is 0 Å². The number of carbonyl (C=O) groups is 5. The topological polar surface area (TPSA) is 158 Å². The summed E-state index contributed by atoms with van der Waals surface area (Å²) >= 11 is 0. The summed E-state index contributed by atoms with van der Waals surface area (Å²) in [5.74, 6) is -2.42. The summed E-state index contributed by atoms with van der Waals surface area (Å²) in [6.45, 7) is 16.3. The van der Waals surface area contributed by atoms with Crippen molar-refractivity contribution in [2.75, 3.05) is 0 Å². The van der Waals surface area contributed by atoms with E-state index in [-0.39, 0.29) is 24.3 Å². The Bertz CT molecular complexity index is 1770. The maximum Gasteiger partial charge on any atom is 0.351 e. The van der Waals surface area contributed by atoms with Gasteiger partial charge in [-0.2, -0.15) is 0 Å². The molecular formula is C37H45NO10. The largest absolute Gasteiger partial charge is 0.483 e. The number of esters is 4. The number of rotatable bonds is 5. The number of fused-ring (bicyclic) bond motifs is 7. The van der Waals surface area contributed by atoms with Gasteiger partial charge in [-0.25, -0.2) is 9.59 Å². The minimum Gasteiger partial charge on any atom is -0.483 e. The van der Waals surface area contributed by atoms with Crippen molar-refractivity contribution < 1.29 is 47.7 Å². The summed E-state index contributed by atoms with van der Waals surface area (Å²) in [5, 5.41) is 0. The fourth-order valence-electron chi connectivity index (χ4n) is 9.38. The summed E-state index contributed by atoms with van der Waals surface area (Å²) in [6, 6.07) is 3.29. The van der Waals surface area contributed by atoms with Crippen molar-refractivity contribution in [3.05, 3.63) is 40.1 Å². The molecule has 11 nitrogen and oxygen atoms in total. The Hall–Kier alpha value is -3.89. The van der Waals surface area contributed by atoms with Gasteiger partial charge in [0.1, 0.15) is 11.4 Å². The van der Waals surface area contributed by atoms with Crippen LogP contribution in [-0.2, 0) is 44.5 Å². The fourth-order valence-corrected chi connectivity index (χ4v) is 9.38. The first-order valence-electron chi connectivity index (χ1n) is 16.9. The van der Waals surface area contributed by atoms with Crippen LogP contribution in [0.25, 0.3) is 0 Å². The number of Topliss-reactive ketones (excluding diaryl/α,β-unsaturated/α-hetero) is 1. The second-order valence-corrected chi connectivity index (χ2v) is 16.6. The van der Waals surface area contributed by atoms with Gasteiger partial charge in [0.05, 0.1) is 16.5 Å². The lowest BCUT2D eigenvalue weighted by atomic mass is 9.66. The van der Waals surface area contributed by atoms with Crippen LogP contribution < -0.4 is 10.5 Å². The second-order valence-electron chi connectivity index (χ2n) is 16.6. The lowest BCUT2D eigenvalue weighted by Gasteiger charge is -2.46. The third-order valence-corrected chi connectivity index (χ3v) is 13.9. The second kappa shape index (κ2) is 9.41. The molecule has 11 heteroatoms. The first kappa shape index (κ1) is 32.6. The number of ether oxygens (including phenoxy) is 5. The lowest BCUT2D eigenvalue weighted by molar-refractivity contribution is -0.218. The molecule has 7 rings (SSSR count). The normalized spacial score (nSPS) is 37.7. The molecule has 1 aromatic rings. The van der Waals surface area contributed by atoms with Crippen molar-refractivity contribution in [1.82, 2.24) is 0 Å². The molecule has 3 aliphatic carbocycles. The smallest absolute Gasteiger partial charge is 0.351 e. The molecule has 3 aliphatic heterocycles. The van der Waals surface area contributed by atoms with Gasteiger partial charge in [0, 0.05) is 22.0 Å². The molecule has 4 fully saturated rings. The summed E-state index contributed by atoms with van der Waals surface area (Å²) in [7, 11) is 0. The maximum atomic E-state index is 14.6. The zero-order chi connectivity index (χ0) is 35.2. The molecule has 0 unspecified atom stereocenters. The van der Waals surface area contributed by atoms with Crippen molar-refractivity contribution in [2.45, 2.75) is 130 Å². The molecule has 6 atom stereocenters. The van der Waals surface area contributed by atoms with Crippen LogP contribution in [0, 0.1) is 21.7 Å². The Kier molecular flexibility index (Phi) is 6.40. The molecule has 48 heavy (non-hydrogen) atoms. The number of carbonyl (C=O) groups excluding carboxylic acids is 5. The van der Waals surface area contributed by atoms with E-state index < -0.39 is 74.5 Å². The monoisotopic (exact) mass is 663 g/mol. The third-order valence-electron chi connectivity index (χ3n) is 13.9. The van der Waals surface area contributed by atoms with E-state index in [2.05, 4.69) is 0 Å². The van der Waals surface area contributed by atoms with E-state index in [9.17, 15) is 24.0 Å². The molecule has 0 spiro atoms. The highest BCUT2D eigenvalue weighted by Gasteiger charge is 2.78. The van der Waals surface area contributed by atoms with Gasteiger partial charge in [0.2, 0.25) is 17.0 Å². The fraction of sp³-hybridized carbons (Fsp3) is 0.649. The summed E-state index contributed by atoms with van der Waals surface area (Å²) in [5.41, 5.74) is 0.494. The highest BCUT2D eigenvalue weighted by atomic mass is 16.7. The Labute approximate surface area is 280 Å². The van der Waals surface area contributed by atoms with E-state index in [1.54, 1.807) is 39.8 Å². The van der Waals surface area contributed by atoms with Crippen molar-refractivity contribution in [3.8, 4) is 5.75 Å². The first-order valence-corrected chi connectivity index (χ1v) is 16.9. The van der Waals surface area contributed by atoms with Crippen molar-refractivity contribution in [1.29, 1.82) is 0 Å². The van der Waals surface area contributed by atoms with Gasteiger partial charge in [0.15, 0.2) is 12.2 Å². The third kappa shape index (κ3) is 3.52. The number of allylic oxidation sites excluding steroid dienone is 2. The SMILES string of the molecule is CCC1=C(N)C(=O)c2ccc3c(c2C1)[C@@H](OC(=O)[C@@]12CC[C@@](C)(C(=O)O1)C2(C)C)[C@@H](OC(=O)[C@@]12CC[C@@](C)(C(=O)O1)C2(C)C)C(C)(C)O3. The minimum atomic E-state index is -1.57. The van der Waals surface area contributed by atoms with E-state index in [1.807, 2.05) is 34.6 Å². The first-order chi connectivity index (χ1) is 22.2. The minimum absolute atomic E-state index is 0.177. The van der Waals surface area contributed by atoms with Crippen molar-refractivity contribution in [3.63, 3.8) is 0 Å².